The van der Waals surface area contributed by atoms with Crippen LogP contribution in [0.4, 0.5) is 0 Å². The highest BCUT2D eigenvalue weighted by atomic mass is 16.3. The van der Waals surface area contributed by atoms with Crippen molar-refractivity contribution >= 4 is 0 Å². The van der Waals surface area contributed by atoms with Crippen LogP contribution in [0.1, 0.15) is 70.7 Å². The molecule has 98 valence electrons. The summed E-state index contributed by atoms with van der Waals surface area (Å²) in [6, 6.07) is 0. The lowest BCUT2D eigenvalue weighted by molar-refractivity contribution is 0.450. The maximum absolute atomic E-state index is 10.2. The zero-order valence-corrected chi connectivity index (χ0v) is 11.7. The first-order valence-corrected chi connectivity index (χ1v) is 6.90. The van der Waals surface area contributed by atoms with Crippen LogP contribution in [0.2, 0.25) is 0 Å². The number of hydrogen-bond acceptors (Lipinski definition) is 2. The van der Waals surface area contributed by atoms with Gasteiger partial charge in [0, 0.05) is 6.54 Å². The van der Waals surface area contributed by atoms with Gasteiger partial charge in [0.15, 0.2) is 5.75 Å². The Kier molecular flexibility index (Phi) is 5.52. The summed E-state index contributed by atoms with van der Waals surface area (Å²) in [4.78, 5) is 0. The molecule has 1 rings (SSSR count). The molecule has 1 N–H and O–H groups in total. The fourth-order valence-corrected chi connectivity index (χ4v) is 2.08. The fourth-order valence-electron chi connectivity index (χ4n) is 2.08. The van der Waals surface area contributed by atoms with Gasteiger partial charge in [-0.05, 0) is 25.2 Å². The molecule has 0 saturated heterocycles. The Balaban J connectivity index is 2.93. The van der Waals surface area contributed by atoms with Crippen molar-refractivity contribution in [3.63, 3.8) is 0 Å². The second-order valence-corrected chi connectivity index (χ2v) is 5.02. The van der Waals surface area contributed by atoms with Gasteiger partial charge in [0.1, 0.15) is 5.69 Å². The van der Waals surface area contributed by atoms with E-state index in [4.69, 9.17) is 0 Å². The molecule has 3 nitrogen and oxygen atoms in total. The Morgan fingerprint density at radius 3 is 2.35 bits per heavy atom. The minimum Gasteiger partial charge on any atom is -0.504 e. The smallest absolute Gasteiger partial charge is 0.160 e. The molecule has 0 aliphatic carbocycles. The largest absolute Gasteiger partial charge is 0.504 e. The number of nitrogens with zero attached hydrogens (tertiary/aromatic N) is 2. The van der Waals surface area contributed by atoms with Gasteiger partial charge in [-0.2, -0.15) is 5.10 Å². The lowest BCUT2D eigenvalue weighted by Gasteiger charge is -2.09. The summed E-state index contributed by atoms with van der Waals surface area (Å²) >= 11 is 0. The third-order valence-electron chi connectivity index (χ3n) is 3.07. The molecule has 0 radical (unpaired) electrons. The predicted molar refractivity (Wildman–Crippen MR) is 71.5 cm³/mol. The standard InChI is InChI=1S/C14H26N2O/c1-5-7-9-12-14(17)13(11(3)4)16(15-12)10-8-6-2/h11,17H,5-10H2,1-4H3. The van der Waals surface area contributed by atoms with Crippen molar-refractivity contribution in [2.75, 3.05) is 0 Å². The van der Waals surface area contributed by atoms with E-state index < -0.39 is 0 Å². The van der Waals surface area contributed by atoms with Crippen molar-refractivity contribution in [2.24, 2.45) is 0 Å². The molecule has 0 amide bonds. The lowest BCUT2D eigenvalue weighted by Crippen LogP contribution is -2.06. The van der Waals surface area contributed by atoms with Gasteiger partial charge in [0.05, 0.1) is 5.69 Å². The van der Waals surface area contributed by atoms with Crippen LogP contribution in [0.25, 0.3) is 0 Å². The van der Waals surface area contributed by atoms with E-state index in [1.165, 1.54) is 0 Å². The molecule has 0 aromatic carbocycles. The summed E-state index contributed by atoms with van der Waals surface area (Å²) in [5.74, 6) is 0.763. The Bertz CT molecular complexity index is 342. The molecule has 0 aliphatic heterocycles. The quantitative estimate of drug-likeness (QED) is 0.783. The zero-order valence-electron chi connectivity index (χ0n) is 11.7. The predicted octanol–water partition coefficient (Wildman–Crippen LogP) is 3.85. The minimum absolute atomic E-state index is 0.328. The number of rotatable bonds is 7. The number of aromatic nitrogens is 2. The van der Waals surface area contributed by atoms with Crippen LogP contribution in [0.3, 0.4) is 0 Å². The maximum Gasteiger partial charge on any atom is 0.160 e. The molecule has 0 bridgehead atoms. The summed E-state index contributed by atoms with van der Waals surface area (Å²) in [5.41, 5.74) is 1.89. The summed E-state index contributed by atoms with van der Waals surface area (Å²) in [5, 5.41) is 14.8. The van der Waals surface area contributed by atoms with Crippen LogP contribution in [-0.2, 0) is 13.0 Å². The first-order valence-electron chi connectivity index (χ1n) is 6.90. The van der Waals surface area contributed by atoms with Crippen LogP contribution in [0.15, 0.2) is 0 Å². The number of aryl methyl sites for hydroxylation is 2. The average molecular weight is 238 g/mol. The first-order chi connectivity index (χ1) is 8.11. The third kappa shape index (κ3) is 3.48. The second kappa shape index (κ2) is 6.67. The molecule has 0 fully saturated rings. The normalized spacial score (nSPS) is 11.4. The Morgan fingerprint density at radius 1 is 1.18 bits per heavy atom. The summed E-state index contributed by atoms with van der Waals surface area (Å²) in [7, 11) is 0. The molecule has 1 heterocycles. The van der Waals surface area contributed by atoms with E-state index in [1.54, 1.807) is 0 Å². The Morgan fingerprint density at radius 2 is 1.82 bits per heavy atom. The maximum atomic E-state index is 10.2. The van der Waals surface area contributed by atoms with Gasteiger partial charge in [-0.25, -0.2) is 0 Å². The molecule has 0 aliphatic rings. The van der Waals surface area contributed by atoms with Crippen molar-refractivity contribution in [3.8, 4) is 5.75 Å². The number of aromatic hydroxyl groups is 1. The van der Waals surface area contributed by atoms with Gasteiger partial charge >= 0.3 is 0 Å². The van der Waals surface area contributed by atoms with Gasteiger partial charge < -0.3 is 5.11 Å². The summed E-state index contributed by atoms with van der Waals surface area (Å²) in [6.45, 7) is 9.49. The van der Waals surface area contributed by atoms with Crippen LogP contribution in [0, 0.1) is 0 Å². The molecular weight excluding hydrogens is 212 g/mol. The molecule has 0 atom stereocenters. The van der Waals surface area contributed by atoms with E-state index in [9.17, 15) is 5.11 Å². The Labute approximate surface area is 105 Å². The minimum atomic E-state index is 0.328. The van der Waals surface area contributed by atoms with Crippen LogP contribution < -0.4 is 0 Å². The molecule has 1 aromatic heterocycles. The SMILES string of the molecule is CCCCc1nn(CCCC)c(C(C)C)c1O. The zero-order chi connectivity index (χ0) is 12.8. The van der Waals surface area contributed by atoms with Gasteiger partial charge in [0.2, 0.25) is 0 Å². The molecule has 17 heavy (non-hydrogen) atoms. The summed E-state index contributed by atoms with van der Waals surface area (Å²) < 4.78 is 2.01. The van der Waals surface area contributed by atoms with Crippen molar-refractivity contribution in [2.45, 2.75) is 72.3 Å². The highest BCUT2D eigenvalue weighted by Gasteiger charge is 2.18. The highest BCUT2D eigenvalue weighted by Crippen LogP contribution is 2.30. The monoisotopic (exact) mass is 238 g/mol. The Hall–Kier alpha value is -0.990. The third-order valence-corrected chi connectivity index (χ3v) is 3.07. The summed E-state index contributed by atoms with van der Waals surface area (Å²) in [6.07, 6.45) is 5.39. The number of hydrogen-bond donors (Lipinski definition) is 1. The van der Waals surface area contributed by atoms with E-state index in [0.29, 0.717) is 11.7 Å². The second-order valence-electron chi connectivity index (χ2n) is 5.02. The van der Waals surface area contributed by atoms with Gasteiger partial charge in [-0.3, -0.25) is 4.68 Å². The molecule has 3 heteroatoms. The lowest BCUT2D eigenvalue weighted by atomic mass is 10.1. The van der Waals surface area contributed by atoms with Crippen LogP contribution >= 0.6 is 0 Å². The molecule has 0 saturated carbocycles. The van der Waals surface area contributed by atoms with Gasteiger partial charge in [-0.1, -0.05) is 40.5 Å². The van der Waals surface area contributed by atoms with Crippen molar-refractivity contribution in [1.82, 2.24) is 9.78 Å². The van der Waals surface area contributed by atoms with E-state index >= 15 is 0 Å². The average Bonchev–Trinajstić information content (AvgIpc) is 2.60. The topological polar surface area (TPSA) is 38.0 Å². The molecule has 0 spiro atoms. The van der Waals surface area contributed by atoms with Crippen molar-refractivity contribution < 1.29 is 5.11 Å². The highest BCUT2D eigenvalue weighted by molar-refractivity contribution is 5.34. The molecular formula is C14H26N2O. The molecule has 0 unspecified atom stereocenters. The first kappa shape index (κ1) is 14.1. The number of unbranched alkanes of at least 4 members (excludes halogenated alkanes) is 2. The van der Waals surface area contributed by atoms with Crippen molar-refractivity contribution in [3.05, 3.63) is 11.4 Å². The van der Waals surface area contributed by atoms with Gasteiger partial charge in [0.25, 0.3) is 0 Å². The molecule has 1 aromatic rings. The van der Waals surface area contributed by atoms with E-state index in [-0.39, 0.29) is 0 Å². The van der Waals surface area contributed by atoms with Gasteiger partial charge in [-0.15, -0.1) is 0 Å². The van der Waals surface area contributed by atoms with E-state index in [2.05, 4.69) is 32.8 Å². The van der Waals surface area contributed by atoms with Crippen LogP contribution in [0.5, 0.6) is 5.75 Å². The van der Waals surface area contributed by atoms with Crippen molar-refractivity contribution in [1.29, 1.82) is 0 Å². The van der Waals surface area contributed by atoms with E-state index in [0.717, 1.165) is 50.0 Å². The fraction of sp³-hybridized carbons (Fsp3) is 0.786. The van der Waals surface area contributed by atoms with E-state index in [1.807, 2.05) is 4.68 Å². The van der Waals surface area contributed by atoms with Crippen LogP contribution in [-0.4, -0.2) is 14.9 Å².